The van der Waals surface area contributed by atoms with Gasteiger partial charge in [-0.05, 0) is 19.8 Å². The molecule has 1 aliphatic heterocycles. The monoisotopic (exact) mass is 656 g/mol. The van der Waals surface area contributed by atoms with Crippen LogP contribution in [-0.2, 0) is 38.0 Å². The first-order valence-corrected chi connectivity index (χ1v) is 14.9. The van der Waals surface area contributed by atoms with Crippen LogP contribution in [0.5, 0.6) is 0 Å². The lowest BCUT2D eigenvalue weighted by Crippen LogP contribution is -2.35. The molecule has 0 amide bonds. The fraction of sp³-hybridized carbons (Fsp3) is 0.742. The van der Waals surface area contributed by atoms with Crippen molar-refractivity contribution < 1.29 is 68.6 Å². The van der Waals surface area contributed by atoms with Gasteiger partial charge in [-0.25, -0.2) is 9.59 Å². The molecule has 0 aromatic rings. The summed E-state index contributed by atoms with van der Waals surface area (Å²) >= 11 is 0. The number of aliphatic hydroxyl groups is 6. The van der Waals surface area contributed by atoms with Crippen molar-refractivity contribution in [2.45, 2.75) is 46.1 Å². The van der Waals surface area contributed by atoms with Gasteiger partial charge >= 0.3 is 11.9 Å². The summed E-state index contributed by atoms with van der Waals surface area (Å²) in [7, 11) is 0. The second-order valence-corrected chi connectivity index (χ2v) is 9.09. The Morgan fingerprint density at radius 2 is 1.16 bits per heavy atom. The molecule has 1 unspecified atom stereocenters. The summed E-state index contributed by atoms with van der Waals surface area (Å²) in [5.41, 5.74) is -0.300. The maximum atomic E-state index is 9.92. The van der Waals surface area contributed by atoms with Gasteiger partial charge in [0.15, 0.2) is 0 Å². The van der Waals surface area contributed by atoms with Crippen molar-refractivity contribution in [3.63, 3.8) is 0 Å². The lowest BCUT2D eigenvalue weighted by atomic mass is 9.88. The van der Waals surface area contributed by atoms with Crippen molar-refractivity contribution in [3.05, 3.63) is 37.5 Å². The van der Waals surface area contributed by atoms with E-state index in [-0.39, 0.29) is 38.4 Å². The maximum absolute atomic E-state index is 9.92. The van der Waals surface area contributed by atoms with Crippen molar-refractivity contribution in [1.29, 1.82) is 0 Å². The maximum Gasteiger partial charge on any atom is 0.338 e. The third kappa shape index (κ3) is 44.1. The Morgan fingerprint density at radius 3 is 1.42 bits per heavy atom. The molecule has 0 radical (unpaired) electrons. The topological polar surface area (TPSA) is 211 Å². The number of cyclic esters (lactones) is 2. The Labute approximate surface area is 268 Å². The molecule has 268 valence electrons. The van der Waals surface area contributed by atoms with Gasteiger partial charge in [-0.15, -0.1) is 13.2 Å². The predicted molar refractivity (Wildman–Crippen MR) is 169 cm³/mol. The van der Waals surface area contributed by atoms with Crippen LogP contribution >= 0.6 is 0 Å². The van der Waals surface area contributed by atoms with Gasteiger partial charge in [-0.2, -0.15) is 0 Å². The number of carbonyl (C=O) groups is 2. The first kappa shape index (κ1) is 49.8. The van der Waals surface area contributed by atoms with E-state index in [2.05, 4.69) is 29.6 Å². The number of carbonyl (C=O) groups excluding carboxylic acids is 2. The third-order valence-corrected chi connectivity index (χ3v) is 4.92. The zero-order valence-corrected chi connectivity index (χ0v) is 27.5. The molecular formula is C31H60O14. The smallest absolute Gasteiger partial charge is 0.338 e. The molecular weight excluding hydrogens is 596 g/mol. The second kappa shape index (κ2) is 41.9. The van der Waals surface area contributed by atoms with Crippen LogP contribution in [0.4, 0.5) is 0 Å². The fourth-order valence-electron chi connectivity index (χ4n) is 2.33. The van der Waals surface area contributed by atoms with Crippen LogP contribution in [0.25, 0.3) is 0 Å². The Balaban J connectivity index is -0.000000247. The molecule has 1 aliphatic rings. The minimum atomic E-state index is -0.579. The van der Waals surface area contributed by atoms with E-state index in [1.54, 1.807) is 12.2 Å². The molecule has 6 N–H and O–H groups in total. The highest BCUT2D eigenvalue weighted by atomic mass is 16.6. The van der Waals surface area contributed by atoms with Gasteiger partial charge in [0.05, 0.1) is 98.6 Å². The number of hydrogen-bond acceptors (Lipinski definition) is 14. The Hall–Kier alpha value is -2.08. The summed E-state index contributed by atoms with van der Waals surface area (Å²) in [5.74, 6) is -1.16. The van der Waals surface area contributed by atoms with E-state index in [1.165, 1.54) is 6.92 Å². The Morgan fingerprint density at radius 1 is 0.756 bits per heavy atom. The van der Waals surface area contributed by atoms with Crippen LogP contribution < -0.4 is 0 Å². The minimum Gasteiger partial charge on any atom is -0.396 e. The lowest BCUT2D eigenvalue weighted by Gasteiger charge is -2.29. The van der Waals surface area contributed by atoms with E-state index in [4.69, 9.17) is 44.5 Å². The van der Waals surface area contributed by atoms with E-state index in [9.17, 15) is 14.7 Å². The molecule has 0 saturated carbocycles. The van der Waals surface area contributed by atoms with E-state index < -0.39 is 18.0 Å². The van der Waals surface area contributed by atoms with Gasteiger partial charge in [0.1, 0.15) is 0 Å². The average molecular weight is 657 g/mol. The molecule has 14 nitrogen and oxygen atoms in total. The lowest BCUT2D eigenvalue weighted by molar-refractivity contribution is -0.150. The van der Waals surface area contributed by atoms with E-state index in [0.29, 0.717) is 59.5 Å². The molecule has 0 spiro atoms. The second-order valence-electron chi connectivity index (χ2n) is 9.09. The van der Waals surface area contributed by atoms with Crippen LogP contribution in [0.2, 0.25) is 0 Å². The summed E-state index contributed by atoms with van der Waals surface area (Å²) in [6.45, 7) is 18.0. The number of aliphatic hydroxyl groups excluding tert-OH is 6. The molecule has 0 aliphatic carbocycles. The molecule has 45 heavy (non-hydrogen) atoms. The highest BCUT2D eigenvalue weighted by Crippen LogP contribution is 2.22. The molecule has 0 fully saturated rings. The standard InChI is InChI=1S/C12H22O3.C8H18O3.C4H2O3.C4H10O3.C3H8O2/c1-4-7-14-10-12(6-3,9-13)11-15-8-5-2;1-2-3-5-10-7-8-11-6-4-9;5-3-1-2-4(6)7-3;5-1-3-7-4-2-6;1-3(5)2-4/h4-5,13H,1-2,6-11H2,3H3;9H,2-8H2,1H3;1-2H;5-6H,1-4H2;3-5H,2H2,1H3. The van der Waals surface area contributed by atoms with Crippen molar-refractivity contribution in [3.8, 4) is 0 Å². The first-order chi connectivity index (χ1) is 21.6. The van der Waals surface area contributed by atoms with Crippen molar-refractivity contribution >= 4 is 11.9 Å². The largest absolute Gasteiger partial charge is 0.396 e. The number of esters is 2. The average Bonchev–Trinajstić information content (AvgIpc) is 3.43. The van der Waals surface area contributed by atoms with E-state index in [1.807, 2.05) is 6.92 Å². The number of rotatable bonds is 23. The highest BCUT2D eigenvalue weighted by molar-refractivity contribution is 6.04. The molecule has 14 heteroatoms. The van der Waals surface area contributed by atoms with Gasteiger partial charge in [0.25, 0.3) is 0 Å². The SMILES string of the molecule is C=CCOCC(CC)(CO)COCC=C.CC(O)CO.CCCCOCCOCCO.O=C1C=CC(=O)O1.OCCOCCO. The predicted octanol–water partition coefficient (Wildman–Crippen LogP) is 0.565. The zero-order chi connectivity index (χ0) is 35.0. The van der Waals surface area contributed by atoms with Crippen molar-refractivity contribution in [2.24, 2.45) is 5.41 Å². The molecule has 0 saturated heterocycles. The quantitative estimate of drug-likeness (QED) is 0.0384. The molecule has 0 aromatic carbocycles. The third-order valence-electron chi connectivity index (χ3n) is 4.92. The van der Waals surface area contributed by atoms with Crippen molar-refractivity contribution in [1.82, 2.24) is 0 Å². The molecule has 1 atom stereocenters. The molecule has 0 bridgehead atoms. The molecule has 1 heterocycles. The van der Waals surface area contributed by atoms with Crippen LogP contribution in [-0.4, -0.2) is 148 Å². The summed E-state index contributed by atoms with van der Waals surface area (Å²) in [6.07, 6.45) is 8.10. The Bertz CT molecular complexity index is 623. The van der Waals surface area contributed by atoms with Crippen LogP contribution in [0.1, 0.15) is 40.0 Å². The first-order valence-electron chi connectivity index (χ1n) is 14.9. The van der Waals surface area contributed by atoms with Crippen molar-refractivity contribution in [2.75, 3.05) is 99.1 Å². The van der Waals surface area contributed by atoms with E-state index in [0.717, 1.165) is 38.0 Å². The van der Waals surface area contributed by atoms with Gasteiger partial charge in [0, 0.05) is 24.2 Å². The fourth-order valence-corrected chi connectivity index (χ4v) is 2.33. The van der Waals surface area contributed by atoms with Gasteiger partial charge in [-0.1, -0.05) is 32.4 Å². The van der Waals surface area contributed by atoms with Crippen LogP contribution in [0.15, 0.2) is 37.5 Å². The summed E-state index contributed by atoms with van der Waals surface area (Å²) in [4.78, 5) is 19.8. The van der Waals surface area contributed by atoms with Crippen LogP contribution in [0, 0.1) is 5.41 Å². The number of unbranched alkanes of at least 4 members (excludes halogenated alkanes) is 1. The minimum absolute atomic E-state index is 0.0278. The molecule has 1 rings (SSSR count). The number of hydrogen-bond donors (Lipinski definition) is 6. The highest BCUT2D eigenvalue weighted by Gasteiger charge is 2.28. The Kier molecular flexibility index (Phi) is 46.4. The van der Waals surface area contributed by atoms with Crippen LogP contribution in [0.3, 0.4) is 0 Å². The van der Waals surface area contributed by atoms with Gasteiger partial charge in [0.2, 0.25) is 0 Å². The summed E-state index contributed by atoms with van der Waals surface area (Å²) in [6, 6.07) is 0. The zero-order valence-electron chi connectivity index (χ0n) is 27.5. The summed E-state index contributed by atoms with van der Waals surface area (Å²) in [5, 5.41) is 49.9. The molecule has 0 aromatic heterocycles. The van der Waals surface area contributed by atoms with Gasteiger partial charge < -0.3 is 59.1 Å². The van der Waals surface area contributed by atoms with E-state index >= 15 is 0 Å². The van der Waals surface area contributed by atoms with Gasteiger partial charge in [-0.3, -0.25) is 0 Å². The summed E-state index contributed by atoms with van der Waals surface area (Å²) < 4.78 is 29.6. The normalized spacial score (nSPS) is 12.2. The number of ether oxygens (including phenoxy) is 6.